The van der Waals surface area contributed by atoms with Crippen LogP contribution in [0.3, 0.4) is 0 Å². The number of nitrogens with two attached hydrogens (primary N) is 1. The van der Waals surface area contributed by atoms with Crippen LogP contribution in [0.15, 0.2) is 36.4 Å². The number of carbonyl (C=O) groups is 1. The van der Waals surface area contributed by atoms with Crippen LogP contribution in [0.4, 0.5) is 5.69 Å². The Kier molecular flexibility index (Phi) is 2.47. The lowest BCUT2D eigenvalue weighted by atomic mass is 10.0. The maximum Gasteiger partial charge on any atom is 0.253 e. The van der Waals surface area contributed by atoms with Crippen LogP contribution in [0.1, 0.15) is 23.7 Å². The number of hydrogen-bond donors (Lipinski definition) is 2. The molecule has 0 heterocycles. The molecule has 0 aromatic heterocycles. The highest BCUT2D eigenvalue weighted by Crippen LogP contribution is 2.30. The van der Waals surface area contributed by atoms with Gasteiger partial charge >= 0.3 is 0 Å². The summed E-state index contributed by atoms with van der Waals surface area (Å²) in [6.07, 6.45) is 1.07. The number of amides is 1. The third kappa shape index (κ3) is 1.92. The van der Waals surface area contributed by atoms with Crippen molar-refractivity contribution < 1.29 is 4.79 Å². The van der Waals surface area contributed by atoms with Gasteiger partial charge in [0.1, 0.15) is 0 Å². The van der Waals surface area contributed by atoms with Crippen LogP contribution in [-0.4, -0.2) is 11.9 Å². The van der Waals surface area contributed by atoms with Gasteiger partial charge in [-0.1, -0.05) is 31.2 Å². The molecule has 0 spiro atoms. The zero-order valence-electron chi connectivity index (χ0n) is 10.3. The molecule has 3 heteroatoms. The van der Waals surface area contributed by atoms with Gasteiger partial charge in [0.25, 0.3) is 5.91 Å². The van der Waals surface area contributed by atoms with Crippen LogP contribution >= 0.6 is 0 Å². The van der Waals surface area contributed by atoms with E-state index in [4.69, 9.17) is 5.73 Å². The molecular weight excluding hydrogens is 224 g/mol. The highest BCUT2D eigenvalue weighted by Gasteiger charge is 2.34. The van der Waals surface area contributed by atoms with E-state index in [0.29, 0.717) is 23.2 Å². The summed E-state index contributed by atoms with van der Waals surface area (Å²) in [6.45, 7) is 2.13. The summed E-state index contributed by atoms with van der Waals surface area (Å²) in [5.74, 6) is 0.531. The molecule has 0 bridgehead atoms. The zero-order chi connectivity index (χ0) is 12.7. The van der Waals surface area contributed by atoms with E-state index in [1.165, 1.54) is 0 Å². The summed E-state index contributed by atoms with van der Waals surface area (Å²) < 4.78 is 0. The van der Waals surface area contributed by atoms with Gasteiger partial charge in [0.05, 0.1) is 5.56 Å². The molecule has 1 aliphatic rings. The molecule has 1 aliphatic carbocycles. The molecule has 0 saturated heterocycles. The molecule has 18 heavy (non-hydrogen) atoms. The van der Waals surface area contributed by atoms with E-state index in [1.54, 1.807) is 0 Å². The molecule has 0 aliphatic heterocycles. The molecule has 2 atom stereocenters. The summed E-state index contributed by atoms with van der Waals surface area (Å²) in [5.41, 5.74) is 7.08. The van der Waals surface area contributed by atoms with Gasteiger partial charge in [0, 0.05) is 11.7 Å². The monoisotopic (exact) mass is 240 g/mol. The number of fused-ring (bicyclic) bond motifs is 1. The third-order valence-electron chi connectivity index (χ3n) is 3.59. The Morgan fingerprint density at radius 3 is 2.50 bits per heavy atom. The van der Waals surface area contributed by atoms with Crippen molar-refractivity contribution in [2.45, 2.75) is 19.4 Å². The molecule has 1 saturated carbocycles. The first-order valence-electron chi connectivity index (χ1n) is 6.24. The van der Waals surface area contributed by atoms with Crippen LogP contribution < -0.4 is 11.1 Å². The number of nitrogen functional groups attached to an aromatic ring is 1. The third-order valence-corrected chi connectivity index (χ3v) is 3.59. The number of carbonyl (C=O) groups excluding carboxylic acids is 1. The van der Waals surface area contributed by atoms with Gasteiger partial charge in [0.15, 0.2) is 0 Å². The second-order valence-corrected chi connectivity index (χ2v) is 5.08. The molecule has 3 N–H and O–H groups in total. The van der Waals surface area contributed by atoms with Crippen molar-refractivity contribution in [2.24, 2.45) is 5.92 Å². The first-order valence-corrected chi connectivity index (χ1v) is 6.24. The van der Waals surface area contributed by atoms with Crippen molar-refractivity contribution in [3.05, 3.63) is 42.0 Å². The van der Waals surface area contributed by atoms with Crippen molar-refractivity contribution in [3.8, 4) is 0 Å². The maximum atomic E-state index is 12.1. The Labute approximate surface area is 106 Å². The van der Waals surface area contributed by atoms with Crippen molar-refractivity contribution in [1.82, 2.24) is 5.32 Å². The second-order valence-electron chi connectivity index (χ2n) is 5.08. The van der Waals surface area contributed by atoms with Crippen molar-refractivity contribution in [1.29, 1.82) is 0 Å². The number of anilines is 1. The Hall–Kier alpha value is -2.03. The molecule has 1 fully saturated rings. The topological polar surface area (TPSA) is 55.1 Å². The Morgan fingerprint density at radius 1 is 1.28 bits per heavy atom. The average Bonchev–Trinajstić information content (AvgIpc) is 3.03. The number of benzene rings is 2. The molecule has 1 amide bonds. The van der Waals surface area contributed by atoms with Gasteiger partial charge in [-0.2, -0.15) is 0 Å². The van der Waals surface area contributed by atoms with Crippen LogP contribution in [-0.2, 0) is 0 Å². The van der Waals surface area contributed by atoms with E-state index in [0.717, 1.165) is 17.2 Å². The van der Waals surface area contributed by atoms with E-state index in [1.807, 2.05) is 36.4 Å². The molecule has 92 valence electrons. The standard InChI is InChI=1S/C15H16N2O/c1-9-6-14(9)17-15(18)12-7-10-4-2-3-5-11(10)8-13(12)16/h2-5,7-9,14H,6,16H2,1H3,(H,17,18). The number of hydrogen-bond acceptors (Lipinski definition) is 2. The lowest BCUT2D eigenvalue weighted by molar-refractivity contribution is 0.0950. The minimum absolute atomic E-state index is 0.0624. The molecule has 0 radical (unpaired) electrons. The average molecular weight is 240 g/mol. The summed E-state index contributed by atoms with van der Waals surface area (Å²) in [5, 5.41) is 5.11. The van der Waals surface area contributed by atoms with Crippen LogP contribution in [0.5, 0.6) is 0 Å². The minimum Gasteiger partial charge on any atom is -0.398 e. The van der Waals surface area contributed by atoms with E-state index >= 15 is 0 Å². The number of rotatable bonds is 2. The van der Waals surface area contributed by atoms with Crippen LogP contribution in [0, 0.1) is 5.92 Å². The molecule has 2 unspecified atom stereocenters. The smallest absolute Gasteiger partial charge is 0.253 e. The Bertz CT molecular complexity index is 621. The lowest BCUT2D eigenvalue weighted by Gasteiger charge is -2.08. The summed E-state index contributed by atoms with van der Waals surface area (Å²) in [7, 11) is 0. The molecule has 2 aromatic rings. The number of nitrogens with one attached hydrogen (secondary N) is 1. The summed E-state index contributed by atoms with van der Waals surface area (Å²) in [6, 6.07) is 12.0. The van der Waals surface area contributed by atoms with Gasteiger partial charge in [-0.05, 0) is 35.2 Å². The zero-order valence-corrected chi connectivity index (χ0v) is 10.3. The van der Waals surface area contributed by atoms with Crippen molar-refractivity contribution >= 4 is 22.4 Å². The van der Waals surface area contributed by atoms with Gasteiger partial charge in [-0.15, -0.1) is 0 Å². The second kappa shape index (κ2) is 4.02. The van der Waals surface area contributed by atoms with Crippen molar-refractivity contribution in [2.75, 3.05) is 5.73 Å². The fourth-order valence-electron chi connectivity index (χ4n) is 2.22. The largest absolute Gasteiger partial charge is 0.398 e. The first kappa shape index (κ1) is 11.1. The van der Waals surface area contributed by atoms with Crippen LogP contribution in [0.25, 0.3) is 10.8 Å². The summed E-state index contributed by atoms with van der Waals surface area (Å²) >= 11 is 0. The van der Waals surface area contributed by atoms with E-state index in [9.17, 15) is 4.79 Å². The van der Waals surface area contributed by atoms with Crippen molar-refractivity contribution in [3.63, 3.8) is 0 Å². The predicted molar refractivity (Wildman–Crippen MR) is 73.4 cm³/mol. The highest BCUT2D eigenvalue weighted by atomic mass is 16.1. The molecule has 3 nitrogen and oxygen atoms in total. The minimum atomic E-state index is -0.0624. The summed E-state index contributed by atoms with van der Waals surface area (Å²) in [4.78, 5) is 12.1. The van der Waals surface area contributed by atoms with Gasteiger partial charge in [-0.3, -0.25) is 4.79 Å². The maximum absolute atomic E-state index is 12.1. The lowest BCUT2D eigenvalue weighted by Crippen LogP contribution is -2.27. The first-order chi connectivity index (χ1) is 8.65. The Morgan fingerprint density at radius 2 is 1.89 bits per heavy atom. The van der Waals surface area contributed by atoms with Crippen LogP contribution in [0.2, 0.25) is 0 Å². The predicted octanol–water partition coefficient (Wildman–Crippen LogP) is 2.56. The fraction of sp³-hybridized carbons (Fsp3) is 0.267. The molecule has 2 aromatic carbocycles. The van der Waals surface area contributed by atoms with E-state index < -0.39 is 0 Å². The van der Waals surface area contributed by atoms with E-state index in [2.05, 4.69) is 12.2 Å². The van der Waals surface area contributed by atoms with E-state index in [-0.39, 0.29) is 5.91 Å². The highest BCUT2D eigenvalue weighted by molar-refractivity contribution is 6.04. The fourth-order valence-corrected chi connectivity index (χ4v) is 2.22. The Balaban J connectivity index is 1.95. The van der Waals surface area contributed by atoms with Gasteiger partial charge in [-0.25, -0.2) is 0 Å². The van der Waals surface area contributed by atoms with Gasteiger partial charge < -0.3 is 11.1 Å². The van der Waals surface area contributed by atoms with Gasteiger partial charge in [0.2, 0.25) is 0 Å². The molecule has 3 rings (SSSR count). The SMILES string of the molecule is CC1CC1NC(=O)c1cc2ccccc2cc1N. The molecular formula is C15H16N2O. The quantitative estimate of drug-likeness (QED) is 0.793. The normalized spacial score (nSPS) is 21.8.